The summed E-state index contributed by atoms with van der Waals surface area (Å²) in [6.45, 7) is 3.11. The van der Waals surface area contributed by atoms with Crippen LogP contribution in [0.3, 0.4) is 0 Å². The van der Waals surface area contributed by atoms with E-state index in [2.05, 4.69) is 0 Å². The van der Waals surface area contributed by atoms with Gasteiger partial charge in [-0.3, -0.25) is 9.59 Å². The maximum Gasteiger partial charge on any atom is 0.263 e. The molecule has 3 heterocycles. The summed E-state index contributed by atoms with van der Waals surface area (Å²) in [4.78, 5) is 27.7. The zero-order valence-electron chi connectivity index (χ0n) is 13.9. The molecule has 1 fully saturated rings. The van der Waals surface area contributed by atoms with Crippen molar-refractivity contribution in [1.82, 2.24) is 4.90 Å². The number of rotatable bonds is 1. The van der Waals surface area contributed by atoms with Crippen LogP contribution in [0.4, 0.5) is 0 Å². The number of fused-ring (bicyclic) bond motifs is 1. The third-order valence-electron chi connectivity index (χ3n) is 5.06. The largest absolute Gasteiger partial charge is 0.486 e. The van der Waals surface area contributed by atoms with Gasteiger partial charge in [-0.25, -0.2) is 0 Å². The highest BCUT2D eigenvalue weighted by molar-refractivity contribution is 7.12. The number of benzene rings is 1. The molecular weight excluding hydrogens is 358 g/mol. The second-order valence-corrected chi connectivity index (χ2v) is 8.11. The summed E-state index contributed by atoms with van der Waals surface area (Å²) in [5.41, 5.74) is 0.963. The van der Waals surface area contributed by atoms with Gasteiger partial charge in [0.15, 0.2) is 5.78 Å². The zero-order chi connectivity index (χ0) is 17.6. The van der Waals surface area contributed by atoms with Gasteiger partial charge >= 0.3 is 0 Å². The van der Waals surface area contributed by atoms with Crippen LogP contribution in [-0.4, -0.2) is 35.3 Å². The highest BCUT2D eigenvalue weighted by Gasteiger charge is 2.44. The number of ketones is 1. The zero-order valence-corrected chi connectivity index (χ0v) is 15.5. The Balaban J connectivity index is 1.52. The summed E-state index contributed by atoms with van der Waals surface area (Å²) in [5.74, 6) is 0.757. The molecular formula is C19H18ClNO3S. The van der Waals surface area contributed by atoms with Crippen LogP contribution in [0.5, 0.6) is 5.75 Å². The fraction of sp³-hybridized carbons (Fsp3) is 0.368. The maximum absolute atomic E-state index is 12.6. The van der Waals surface area contributed by atoms with Crippen LogP contribution in [0.15, 0.2) is 29.6 Å². The first kappa shape index (κ1) is 16.6. The van der Waals surface area contributed by atoms with Crippen LogP contribution in [0.1, 0.15) is 44.9 Å². The SMILES string of the molecule is Cc1cc2c(cc1Cl)C(=O)CC1(CCN(C(=O)c3cccs3)CC1)O2. The van der Waals surface area contributed by atoms with Gasteiger partial charge in [0, 0.05) is 31.0 Å². The Morgan fingerprint density at radius 3 is 2.76 bits per heavy atom. The molecule has 1 spiro atoms. The van der Waals surface area contributed by atoms with E-state index in [1.54, 1.807) is 6.07 Å². The molecule has 25 heavy (non-hydrogen) atoms. The van der Waals surface area contributed by atoms with Crippen LogP contribution in [0.2, 0.25) is 5.02 Å². The number of ether oxygens (including phenoxy) is 1. The molecule has 0 saturated carbocycles. The number of hydrogen-bond donors (Lipinski definition) is 0. The normalized spacial score (nSPS) is 18.8. The first-order valence-corrected chi connectivity index (χ1v) is 9.58. The highest BCUT2D eigenvalue weighted by Crippen LogP contribution is 2.41. The first-order chi connectivity index (χ1) is 12.0. The van der Waals surface area contributed by atoms with E-state index in [0.717, 1.165) is 10.4 Å². The van der Waals surface area contributed by atoms with Gasteiger partial charge in [0.25, 0.3) is 5.91 Å². The van der Waals surface area contributed by atoms with Gasteiger partial charge in [-0.1, -0.05) is 17.7 Å². The van der Waals surface area contributed by atoms with Gasteiger partial charge in [0.05, 0.1) is 16.9 Å². The molecule has 0 bridgehead atoms. The van der Waals surface area contributed by atoms with E-state index in [9.17, 15) is 9.59 Å². The molecule has 1 aromatic carbocycles. The van der Waals surface area contributed by atoms with E-state index >= 15 is 0 Å². The van der Waals surface area contributed by atoms with Crippen LogP contribution >= 0.6 is 22.9 Å². The lowest BCUT2D eigenvalue weighted by molar-refractivity contribution is -0.00561. The molecule has 6 heteroatoms. The number of halogens is 1. The molecule has 2 aromatic rings. The number of thiophene rings is 1. The Labute approximate surface area is 155 Å². The number of Topliss-reactive ketones (excluding diaryl/α,β-unsaturated/α-hetero) is 1. The third kappa shape index (κ3) is 2.96. The smallest absolute Gasteiger partial charge is 0.263 e. The molecule has 2 aliphatic rings. The van der Waals surface area contributed by atoms with Gasteiger partial charge in [0.1, 0.15) is 11.4 Å². The minimum absolute atomic E-state index is 0.0648. The van der Waals surface area contributed by atoms with Crippen molar-refractivity contribution in [3.05, 3.63) is 50.7 Å². The standard InChI is InChI=1S/C19H18ClNO3S/c1-12-9-16-13(10-14(12)20)15(22)11-19(24-16)4-6-21(7-5-19)18(23)17-3-2-8-25-17/h2-3,8-10H,4-7,11H2,1H3. The maximum atomic E-state index is 12.6. The molecule has 0 radical (unpaired) electrons. The molecule has 0 unspecified atom stereocenters. The van der Waals surface area contributed by atoms with E-state index in [1.807, 2.05) is 35.4 Å². The molecule has 1 saturated heterocycles. The van der Waals surface area contributed by atoms with E-state index in [-0.39, 0.29) is 11.7 Å². The summed E-state index contributed by atoms with van der Waals surface area (Å²) in [6, 6.07) is 7.29. The predicted octanol–water partition coefficient (Wildman–Crippen LogP) is 4.35. The number of aryl methyl sites for hydroxylation is 1. The number of hydrogen-bond acceptors (Lipinski definition) is 4. The number of carbonyl (C=O) groups excluding carboxylic acids is 2. The second kappa shape index (κ2) is 6.15. The van der Waals surface area contributed by atoms with Crippen molar-refractivity contribution in [3.63, 3.8) is 0 Å². The lowest BCUT2D eigenvalue weighted by Gasteiger charge is -2.44. The monoisotopic (exact) mass is 375 g/mol. The van der Waals surface area contributed by atoms with Gasteiger partial charge in [-0.15, -0.1) is 11.3 Å². The Kier molecular flexibility index (Phi) is 4.08. The van der Waals surface area contributed by atoms with Gasteiger partial charge < -0.3 is 9.64 Å². The molecule has 0 aliphatic carbocycles. The Morgan fingerprint density at radius 1 is 1.32 bits per heavy atom. The Hall–Kier alpha value is -1.85. The van der Waals surface area contributed by atoms with Gasteiger partial charge in [-0.2, -0.15) is 0 Å². The first-order valence-electron chi connectivity index (χ1n) is 8.33. The topological polar surface area (TPSA) is 46.6 Å². The average Bonchev–Trinajstić information content (AvgIpc) is 3.11. The number of likely N-dealkylation sites (tertiary alicyclic amines) is 1. The van der Waals surface area contributed by atoms with E-state index in [4.69, 9.17) is 16.3 Å². The lowest BCUT2D eigenvalue weighted by atomic mass is 9.82. The number of piperidine rings is 1. The van der Waals surface area contributed by atoms with E-state index in [0.29, 0.717) is 48.7 Å². The molecule has 0 atom stereocenters. The van der Waals surface area contributed by atoms with Crippen LogP contribution in [0, 0.1) is 6.92 Å². The fourth-order valence-corrected chi connectivity index (χ4v) is 4.42. The average molecular weight is 376 g/mol. The minimum Gasteiger partial charge on any atom is -0.486 e. The van der Waals surface area contributed by atoms with Crippen molar-refractivity contribution >= 4 is 34.6 Å². The van der Waals surface area contributed by atoms with Gasteiger partial charge in [-0.05, 0) is 36.1 Å². The quantitative estimate of drug-likeness (QED) is 0.744. The summed E-state index contributed by atoms with van der Waals surface area (Å²) in [7, 11) is 0. The van der Waals surface area contributed by atoms with Crippen molar-refractivity contribution in [2.24, 2.45) is 0 Å². The predicted molar refractivity (Wildman–Crippen MR) is 98.0 cm³/mol. The molecule has 4 nitrogen and oxygen atoms in total. The minimum atomic E-state index is -0.503. The molecule has 0 N–H and O–H groups in total. The lowest BCUT2D eigenvalue weighted by Crippen LogP contribution is -2.52. The molecule has 1 aromatic heterocycles. The second-order valence-electron chi connectivity index (χ2n) is 6.75. The Bertz CT molecular complexity index is 839. The number of nitrogens with zero attached hydrogens (tertiary/aromatic N) is 1. The van der Waals surface area contributed by atoms with Crippen molar-refractivity contribution in [2.75, 3.05) is 13.1 Å². The van der Waals surface area contributed by atoms with Crippen molar-refractivity contribution < 1.29 is 14.3 Å². The summed E-state index contributed by atoms with van der Waals surface area (Å²) in [5, 5.41) is 2.49. The Morgan fingerprint density at radius 2 is 2.08 bits per heavy atom. The fourth-order valence-electron chi connectivity index (χ4n) is 3.57. The summed E-state index contributed by atoms with van der Waals surface area (Å²) >= 11 is 7.60. The summed E-state index contributed by atoms with van der Waals surface area (Å²) < 4.78 is 6.27. The number of carbonyl (C=O) groups is 2. The van der Waals surface area contributed by atoms with Crippen molar-refractivity contribution in [3.8, 4) is 5.75 Å². The molecule has 2 aliphatic heterocycles. The van der Waals surface area contributed by atoms with Crippen LogP contribution in [-0.2, 0) is 0 Å². The molecule has 130 valence electrons. The highest BCUT2D eigenvalue weighted by atomic mass is 35.5. The summed E-state index contributed by atoms with van der Waals surface area (Å²) in [6.07, 6.45) is 1.67. The van der Waals surface area contributed by atoms with E-state index in [1.165, 1.54) is 11.3 Å². The number of amides is 1. The van der Waals surface area contributed by atoms with Crippen molar-refractivity contribution in [1.29, 1.82) is 0 Å². The molecule has 1 amide bonds. The van der Waals surface area contributed by atoms with Crippen LogP contribution in [0.25, 0.3) is 0 Å². The third-order valence-corrected chi connectivity index (χ3v) is 6.33. The van der Waals surface area contributed by atoms with E-state index < -0.39 is 5.60 Å². The molecule has 4 rings (SSSR count). The van der Waals surface area contributed by atoms with Crippen molar-refractivity contribution in [2.45, 2.75) is 31.8 Å². The van der Waals surface area contributed by atoms with Gasteiger partial charge in [0.2, 0.25) is 0 Å². The van der Waals surface area contributed by atoms with Crippen LogP contribution < -0.4 is 4.74 Å².